The Hall–Kier alpha value is -1.71. The molecule has 0 saturated carbocycles. The van der Waals surface area contributed by atoms with Gasteiger partial charge in [-0.3, -0.25) is 9.79 Å². The van der Waals surface area contributed by atoms with Gasteiger partial charge in [-0.15, -0.1) is 0 Å². The van der Waals surface area contributed by atoms with E-state index in [4.69, 9.17) is 4.74 Å². The Balaban J connectivity index is 0.000000381. The van der Waals surface area contributed by atoms with Crippen LogP contribution in [0, 0.1) is 0 Å². The average molecular weight is 359 g/mol. The molecule has 2 heterocycles. The highest BCUT2D eigenvalue weighted by Gasteiger charge is 2.44. The lowest BCUT2D eigenvalue weighted by atomic mass is 9.88. The summed E-state index contributed by atoms with van der Waals surface area (Å²) in [7, 11) is 4.53. The summed E-state index contributed by atoms with van der Waals surface area (Å²) in [6.45, 7) is 6.00. The Morgan fingerprint density at radius 2 is 1.72 bits per heavy atom. The molecular formula is C16H29N3O6. The topological polar surface area (TPSA) is 98.7 Å². The Morgan fingerprint density at radius 1 is 1.20 bits per heavy atom. The zero-order valence-corrected chi connectivity index (χ0v) is 15.8. The predicted octanol–water partition coefficient (Wildman–Crippen LogP) is 1.12. The number of aliphatic imine (C=N–C) groups is 1. The molecule has 2 rings (SSSR count). The van der Waals surface area contributed by atoms with E-state index in [1.165, 1.54) is 27.7 Å². The summed E-state index contributed by atoms with van der Waals surface area (Å²) in [5.74, 6) is -0.0636. The second kappa shape index (κ2) is 9.12. The number of rotatable bonds is 3. The third-order valence-electron chi connectivity index (χ3n) is 3.75. The molecule has 144 valence electrons. The summed E-state index contributed by atoms with van der Waals surface area (Å²) in [6, 6.07) is 0. The van der Waals surface area contributed by atoms with Crippen LogP contribution in [0.4, 0.5) is 4.79 Å². The van der Waals surface area contributed by atoms with Crippen molar-refractivity contribution in [2.75, 3.05) is 34.4 Å². The lowest BCUT2D eigenvalue weighted by Crippen LogP contribution is -2.51. The van der Waals surface area contributed by atoms with Crippen molar-refractivity contribution in [1.29, 1.82) is 0 Å². The number of carbonyl (C=O) groups is 2. The molecule has 0 aliphatic carbocycles. The van der Waals surface area contributed by atoms with Gasteiger partial charge in [0.25, 0.3) is 12.4 Å². The van der Waals surface area contributed by atoms with Gasteiger partial charge < -0.3 is 29.2 Å². The first-order chi connectivity index (χ1) is 11.7. The van der Waals surface area contributed by atoms with Crippen molar-refractivity contribution in [2.24, 2.45) is 4.99 Å². The zero-order chi connectivity index (χ0) is 19.1. The summed E-state index contributed by atoms with van der Waals surface area (Å²) in [5, 5.41) is 2.60. The molecular weight excluding hydrogens is 330 g/mol. The van der Waals surface area contributed by atoms with Gasteiger partial charge in [0.15, 0.2) is 0 Å². The quantitative estimate of drug-likeness (QED) is 0.758. The van der Waals surface area contributed by atoms with Gasteiger partial charge >= 0.3 is 6.09 Å². The van der Waals surface area contributed by atoms with Crippen LogP contribution >= 0.6 is 0 Å². The minimum absolute atomic E-state index is 0.0636. The fourth-order valence-electron chi connectivity index (χ4n) is 2.44. The molecule has 2 amide bonds. The maximum atomic E-state index is 11.9. The first-order valence-electron chi connectivity index (χ1n) is 8.08. The molecule has 0 aromatic heterocycles. The van der Waals surface area contributed by atoms with Crippen molar-refractivity contribution in [1.82, 2.24) is 10.2 Å². The Labute approximate surface area is 148 Å². The first kappa shape index (κ1) is 21.3. The number of hydrogen-bond acceptors (Lipinski definition) is 7. The van der Waals surface area contributed by atoms with Gasteiger partial charge in [-0.25, -0.2) is 4.79 Å². The number of amides is 2. The van der Waals surface area contributed by atoms with Crippen LogP contribution in [0.5, 0.6) is 0 Å². The number of ether oxygens (including phenoxy) is 4. The lowest BCUT2D eigenvalue weighted by Gasteiger charge is -2.36. The average Bonchev–Trinajstić information content (AvgIpc) is 2.89. The Morgan fingerprint density at radius 3 is 2.04 bits per heavy atom. The zero-order valence-electron chi connectivity index (χ0n) is 15.8. The number of carbonyl (C=O) groups excluding carboxylic acids is 2. The van der Waals surface area contributed by atoms with E-state index >= 15 is 0 Å². The van der Waals surface area contributed by atoms with E-state index in [2.05, 4.69) is 24.5 Å². The molecule has 0 bridgehead atoms. The fourth-order valence-corrected chi connectivity index (χ4v) is 2.44. The van der Waals surface area contributed by atoms with Gasteiger partial charge in [0.1, 0.15) is 11.1 Å². The SMILES string of the molecule is CC(C)(C)OC(=O)N1CCC2(CC1)N=CNC2=O.COC(OC)OC. The second-order valence-corrected chi connectivity index (χ2v) is 6.73. The third-order valence-corrected chi connectivity index (χ3v) is 3.75. The van der Waals surface area contributed by atoms with Crippen molar-refractivity contribution >= 4 is 18.3 Å². The van der Waals surface area contributed by atoms with Crippen LogP contribution in [0.2, 0.25) is 0 Å². The fraction of sp³-hybridized carbons (Fsp3) is 0.812. The monoisotopic (exact) mass is 359 g/mol. The molecule has 1 saturated heterocycles. The molecule has 0 atom stereocenters. The van der Waals surface area contributed by atoms with Crippen molar-refractivity contribution in [3.8, 4) is 0 Å². The molecule has 1 spiro atoms. The summed E-state index contributed by atoms with van der Waals surface area (Å²) in [6.07, 6.45) is 2.23. The van der Waals surface area contributed by atoms with E-state index < -0.39 is 17.6 Å². The second-order valence-electron chi connectivity index (χ2n) is 6.73. The normalized spacial score (nSPS) is 18.8. The van der Waals surface area contributed by atoms with Crippen LogP contribution in [0.25, 0.3) is 0 Å². The molecule has 9 nitrogen and oxygen atoms in total. The molecule has 2 aliphatic heterocycles. The summed E-state index contributed by atoms with van der Waals surface area (Å²) in [5.41, 5.74) is -1.15. The van der Waals surface area contributed by atoms with E-state index in [1.807, 2.05) is 20.8 Å². The summed E-state index contributed by atoms with van der Waals surface area (Å²) < 4.78 is 19.1. The highest BCUT2D eigenvalue weighted by molar-refractivity contribution is 6.00. The molecule has 2 aliphatic rings. The molecule has 25 heavy (non-hydrogen) atoms. The van der Waals surface area contributed by atoms with Crippen molar-refractivity contribution in [3.63, 3.8) is 0 Å². The minimum Gasteiger partial charge on any atom is -0.444 e. The van der Waals surface area contributed by atoms with Crippen molar-refractivity contribution in [2.45, 2.75) is 51.2 Å². The largest absolute Gasteiger partial charge is 0.444 e. The van der Waals surface area contributed by atoms with Gasteiger partial charge in [0.05, 0.1) is 6.34 Å². The van der Waals surface area contributed by atoms with Crippen LogP contribution in [-0.2, 0) is 23.7 Å². The number of likely N-dealkylation sites (tertiary alicyclic amines) is 1. The number of nitrogens with one attached hydrogen (secondary N) is 1. The van der Waals surface area contributed by atoms with Crippen LogP contribution in [-0.4, -0.2) is 75.3 Å². The number of methoxy groups -OCH3 is 3. The predicted molar refractivity (Wildman–Crippen MR) is 91.2 cm³/mol. The summed E-state index contributed by atoms with van der Waals surface area (Å²) >= 11 is 0. The molecule has 0 aromatic carbocycles. The van der Waals surface area contributed by atoms with E-state index in [0.29, 0.717) is 25.9 Å². The minimum atomic E-state index is -0.654. The van der Waals surface area contributed by atoms with Gasteiger partial charge in [0, 0.05) is 34.4 Å². The first-order valence-corrected chi connectivity index (χ1v) is 8.08. The number of piperidine rings is 1. The van der Waals surface area contributed by atoms with Gasteiger partial charge in [-0.05, 0) is 33.6 Å². The van der Waals surface area contributed by atoms with Crippen LogP contribution in [0.3, 0.4) is 0 Å². The molecule has 0 aromatic rings. The van der Waals surface area contributed by atoms with E-state index in [9.17, 15) is 9.59 Å². The maximum absolute atomic E-state index is 11.9. The van der Waals surface area contributed by atoms with Gasteiger partial charge in [-0.1, -0.05) is 0 Å². The highest BCUT2D eigenvalue weighted by Crippen LogP contribution is 2.29. The number of nitrogens with zero attached hydrogens (tertiary/aromatic N) is 2. The third kappa shape index (κ3) is 6.26. The standard InChI is InChI=1S/C12H19N3O3.C4H10O3/c1-11(2,3)18-10(17)15-6-4-12(5-7-15)9(16)13-8-14-12;1-5-4(6-2)7-3/h8H,4-7H2,1-3H3,(H,13,14,16);4H,1-3H3. The summed E-state index contributed by atoms with van der Waals surface area (Å²) in [4.78, 5) is 29.4. The molecule has 0 radical (unpaired) electrons. The van der Waals surface area contributed by atoms with Crippen molar-refractivity contribution < 1.29 is 28.5 Å². The smallest absolute Gasteiger partial charge is 0.410 e. The van der Waals surface area contributed by atoms with Crippen LogP contribution in [0.1, 0.15) is 33.6 Å². The highest BCUT2D eigenvalue weighted by atomic mass is 16.8. The Kier molecular flexibility index (Phi) is 7.78. The van der Waals surface area contributed by atoms with Gasteiger partial charge in [-0.2, -0.15) is 0 Å². The van der Waals surface area contributed by atoms with E-state index in [1.54, 1.807) is 4.90 Å². The molecule has 1 fully saturated rings. The van der Waals surface area contributed by atoms with Crippen molar-refractivity contribution in [3.05, 3.63) is 0 Å². The van der Waals surface area contributed by atoms with E-state index in [-0.39, 0.29) is 12.0 Å². The lowest BCUT2D eigenvalue weighted by molar-refractivity contribution is -0.252. The molecule has 0 unspecified atom stereocenters. The maximum Gasteiger partial charge on any atom is 0.410 e. The Bertz CT molecular complexity index is 471. The molecule has 9 heteroatoms. The van der Waals surface area contributed by atoms with Crippen LogP contribution in [0.15, 0.2) is 4.99 Å². The molecule has 1 N–H and O–H groups in total. The van der Waals surface area contributed by atoms with E-state index in [0.717, 1.165) is 0 Å². The van der Waals surface area contributed by atoms with Crippen LogP contribution < -0.4 is 5.32 Å². The number of hydrogen-bond donors (Lipinski definition) is 1. The van der Waals surface area contributed by atoms with Gasteiger partial charge in [0.2, 0.25) is 0 Å².